The number of nitrogens with zero attached hydrogens (tertiary/aromatic N) is 2. The number of nitrogens with one attached hydrogen (secondary N) is 1. The Morgan fingerprint density at radius 3 is 2.58 bits per heavy atom. The van der Waals surface area contributed by atoms with Crippen molar-refractivity contribution in [2.24, 2.45) is 0 Å². The van der Waals surface area contributed by atoms with Crippen molar-refractivity contribution >= 4 is 32.6 Å². The molecule has 19 heavy (non-hydrogen) atoms. The Morgan fingerprint density at radius 1 is 1.47 bits per heavy atom. The molecule has 0 unspecified atom stereocenters. The molecule has 1 aromatic heterocycles. The Hall–Kier alpha value is 0.986. The Labute approximate surface area is 164 Å². The van der Waals surface area contributed by atoms with Crippen LogP contribution in [0.2, 0.25) is 0 Å². The maximum Gasteiger partial charge on any atom is 1.00 e. The molecule has 1 aromatic rings. The van der Waals surface area contributed by atoms with Crippen molar-refractivity contribution < 1.29 is 56.1 Å². The Morgan fingerprint density at radius 2 is 2.11 bits per heavy atom. The van der Waals surface area contributed by atoms with Gasteiger partial charge in [0, 0.05) is 11.3 Å². The molecule has 104 valence electrons. The second kappa shape index (κ2) is 9.10. The standard InChI is InChI=1S/C12H21ClN3OS.K/c1-15-12-10(11(13)14)5-6-16(12)9-17-7-8-18(2,3)4;/h5-6,14H,7-9H2,1-4H3;/q-1;+1. The van der Waals surface area contributed by atoms with Crippen LogP contribution < -0.4 is 51.4 Å². The molecule has 0 aromatic carbocycles. The third kappa shape index (κ3) is 6.99. The van der Waals surface area contributed by atoms with Crippen molar-refractivity contribution in [2.45, 2.75) is 6.73 Å². The molecule has 0 amide bonds. The van der Waals surface area contributed by atoms with Crippen LogP contribution in [0.15, 0.2) is 12.3 Å². The summed E-state index contributed by atoms with van der Waals surface area (Å²) < 4.78 is 7.51. The third-order valence-electron chi connectivity index (χ3n) is 2.45. The van der Waals surface area contributed by atoms with Gasteiger partial charge in [-0.2, -0.15) is 0 Å². The minimum Gasteiger partial charge on any atom is -0.468 e. The molecule has 1 N–H and O–H groups in total. The largest absolute Gasteiger partial charge is 1.00 e. The van der Waals surface area contributed by atoms with Crippen LogP contribution in [-0.2, 0) is 11.5 Å². The normalized spacial score (nSPS) is 11.8. The number of aromatic nitrogens is 1. The maximum absolute atomic E-state index is 7.44. The van der Waals surface area contributed by atoms with Crippen LogP contribution in [0.1, 0.15) is 5.56 Å². The molecule has 0 fully saturated rings. The predicted molar refractivity (Wildman–Crippen MR) is 82.2 cm³/mol. The summed E-state index contributed by atoms with van der Waals surface area (Å²) in [6, 6.07) is 1.79. The van der Waals surface area contributed by atoms with Crippen molar-refractivity contribution in [3.05, 3.63) is 23.1 Å². The predicted octanol–water partition coefficient (Wildman–Crippen LogP) is 0.359. The number of rotatable bonds is 7. The van der Waals surface area contributed by atoms with Crippen LogP contribution in [0, 0.1) is 5.41 Å². The van der Waals surface area contributed by atoms with E-state index in [1.807, 2.05) is 10.8 Å². The van der Waals surface area contributed by atoms with E-state index in [-0.39, 0.29) is 56.6 Å². The number of hydrogen-bond donors (Lipinski definition) is 1. The van der Waals surface area contributed by atoms with Crippen LogP contribution in [0.25, 0.3) is 5.32 Å². The van der Waals surface area contributed by atoms with Crippen LogP contribution in [0.3, 0.4) is 0 Å². The van der Waals surface area contributed by atoms with Gasteiger partial charge in [0.25, 0.3) is 0 Å². The molecule has 0 spiro atoms. The molecule has 7 heteroatoms. The summed E-state index contributed by atoms with van der Waals surface area (Å²) in [6.07, 6.45) is 8.65. The summed E-state index contributed by atoms with van der Waals surface area (Å²) >= 11 is 5.69. The quantitative estimate of drug-likeness (QED) is 0.438. The first-order chi connectivity index (χ1) is 8.35. The summed E-state index contributed by atoms with van der Waals surface area (Å²) in [6.45, 7) is 1.19. The zero-order valence-electron chi connectivity index (χ0n) is 12.4. The van der Waals surface area contributed by atoms with E-state index in [9.17, 15) is 0 Å². The molecule has 0 atom stereocenters. The Balaban J connectivity index is 0.00000324. The van der Waals surface area contributed by atoms with E-state index in [0.717, 1.165) is 12.4 Å². The van der Waals surface area contributed by atoms with Gasteiger partial charge in [-0.05, 0) is 24.6 Å². The molecule has 4 nitrogen and oxygen atoms in total. The van der Waals surface area contributed by atoms with Gasteiger partial charge < -0.3 is 14.6 Å². The van der Waals surface area contributed by atoms with Crippen LogP contribution in [0.4, 0.5) is 5.82 Å². The van der Waals surface area contributed by atoms with Crippen molar-refractivity contribution in [1.29, 1.82) is 5.41 Å². The van der Waals surface area contributed by atoms with Gasteiger partial charge in [0.1, 0.15) is 5.17 Å². The van der Waals surface area contributed by atoms with E-state index in [2.05, 4.69) is 24.1 Å². The molecule has 0 radical (unpaired) electrons. The van der Waals surface area contributed by atoms with Gasteiger partial charge in [-0.15, -0.1) is 0 Å². The van der Waals surface area contributed by atoms with Gasteiger partial charge in [0.15, 0.2) is 0 Å². The Bertz CT molecular complexity index is 418. The van der Waals surface area contributed by atoms with Crippen molar-refractivity contribution in [1.82, 2.24) is 4.57 Å². The van der Waals surface area contributed by atoms with Crippen LogP contribution in [-0.4, -0.2) is 47.9 Å². The third-order valence-corrected chi connectivity index (χ3v) is 4.05. The number of hydrogen-bond acceptors (Lipinski definition) is 2. The SMILES string of the molecule is C[N-]c1c(C(=N)Cl)ccn1COCCS(C)(C)C.[K+]. The molecule has 0 saturated heterocycles. The first-order valence-corrected chi connectivity index (χ1v) is 9.03. The first-order valence-electron chi connectivity index (χ1n) is 5.62. The summed E-state index contributed by atoms with van der Waals surface area (Å²) in [4.78, 5) is 0. The van der Waals surface area contributed by atoms with Crippen LogP contribution >= 0.6 is 21.6 Å². The summed E-state index contributed by atoms with van der Waals surface area (Å²) in [5.74, 6) is 1.78. The minimum absolute atomic E-state index is 0. The van der Waals surface area contributed by atoms with Gasteiger partial charge in [0.05, 0.1) is 13.3 Å². The summed E-state index contributed by atoms with van der Waals surface area (Å²) in [5.41, 5.74) is 0.643. The van der Waals surface area contributed by atoms with E-state index in [4.69, 9.17) is 21.7 Å². The molecule has 0 aliphatic carbocycles. The summed E-state index contributed by atoms with van der Waals surface area (Å²) in [7, 11) is 1.17. The zero-order chi connectivity index (χ0) is 13.8. The molecule has 1 rings (SSSR count). The fourth-order valence-electron chi connectivity index (χ4n) is 1.46. The molecule has 0 aliphatic rings. The van der Waals surface area contributed by atoms with Crippen molar-refractivity contribution in [2.75, 3.05) is 38.2 Å². The molecule has 0 aliphatic heterocycles. The minimum atomic E-state index is -0.515. The average molecular weight is 330 g/mol. The second-order valence-electron chi connectivity index (χ2n) is 4.89. The van der Waals surface area contributed by atoms with Gasteiger partial charge in [-0.3, -0.25) is 5.41 Å². The monoisotopic (exact) mass is 329 g/mol. The van der Waals surface area contributed by atoms with Crippen LogP contribution in [0.5, 0.6) is 0 Å². The summed E-state index contributed by atoms with van der Waals surface area (Å²) in [5, 5.41) is 11.6. The van der Waals surface area contributed by atoms with E-state index in [1.165, 1.54) is 0 Å². The average Bonchev–Trinajstić information content (AvgIpc) is 2.66. The maximum atomic E-state index is 7.44. The molecule has 0 saturated carbocycles. The van der Waals surface area contributed by atoms with E-state index < -0.39 is 10.0 Å². The van der Waals surface area contributed by atoms with E-state index >= 15 is 0 Å². The fraction of sp³-hybridized carbons (Fsp3) is 0.583. The van der Waals surface area contributed by atoms with Gasteiger partial charge >= 0.3 is 51.4 Å². The molecular formula is C12H21ClKN3OS. The smallest absolute Gasteiger partial charge is 0.468 e. The van der Waals surface area contributed by atoms with E-state index in [1.54, 1.807) is 13.1 Å². The number of ether oxygens (including phenoxy) is 1. The topological polar surface area (TPSA) is 52.1 Å². The Kier molecular flexibility index (Phi) is 9.57. The van der Waals surface area contributed by atoms with Gasteiger partial charge in [-0.25, -0.2) is 10.0 Å². The zero-order valence-corrected chi connectivity index (χ0v) is 17.1. The van der Waals surface area contributed by atoms with Crippen molar-refractivity contribution in [3.63, 3.8) is 0 Å². The molecular weight excluding hydrogens is 309 g/mol. The van der Waals surface area contributed by atoms with Crippen molar-refractivity contribution in [3.8, 4) is 0 Å². The second-order valence-corrected chi connectivity index (χ2v) is 9.86. The van der Waals surface area contributed by atoms with Gasteiger partial charge in [-0.1, -0.05) is 30.9 Å². The van der Waals surface area contributed by atoms with E-state index in [0.29, 0.717) is 18.1 Å². The van der Waals surface area contributed by atoms with Gasteiger partial charge in [0.2, 0.25) is 0 Å². The first kappa shape index (κ1) is 20.0. The molecule has 0 bridgehead atoms. The number of halogens is 1. The fourth-order valence-corrected chi connectivity index (χ4v) is 2.23. The molecule has 1 heterocycles.